The number of nitrogens with zero attached hydrogens (tertiary/aromatic N) is 1. The molecule has 5 nitrogen and oxygen atoms in total. The molecule has 1 unspecified atom stereocenters. The summed E-state index contributed by atoms with van der Waals surface area (Å²) in [5.41, 5.74) is 3.05. The van der Waals surface area contributed by atoms with Crippen LogP contribution in [-0.4, -0.2) is 30.5 Å². The molecule has 0 bridgehead atoms. The fraction of sp³-hybridized carbons (Fsp3) is 0.474. The number of carbonyl (C=O) groups excluding carboxylic acids is 1. The first kappa shape index (κ1) is 19.5. The molecule has 1 fully saturated rings. The maximum Gasteiger partial charge on any atom is 0.226 e. The van der Waals surface area contributed by atoms with Crippen molar-refractivity contribution in [2.45, 2.75) is 32.6 Å². The molecule has 1 saturated heterocycles. The van der Waals surface area contributed by atoms with Gasteiger partial charge in [-0.2, -0.15) is 0 Å². The van der Waals surface area contributed by atoms with E-state index in [-0.39, 0.29) is 18.3 Å². The predicted octanol–water partition coefficient (Wildman–Crippen LogP) is 3.12. The van der Waals surface area contributed by atoms with Crippen LogP contribution in [0.15, 0.2) is 34.9 Å². The van der Waals surface area contributed by atoms with Crippen LogP contribution in [0, 0.1) is 12.8 Å². The zero-order chi connectivity index (χ0) is 16.8. The van der Waals surface area contributed by atoms with Gasteiger partial charge in [-0.1, -0.05) is 17.7 Å². The number of nitrogens with one attached hydrogen (secondary N) is 2. The lowest BCUT2D eigenvalue weighted by Gasteiger charge is -2.08. The van der Waals surface area contributed by atoms with Crippen LogP contribution < -0.4 is 10.6 Å². The third-order valence-electron chi connectivity index (χ3n) is 4.50. The van der Waals surface area contributed by atoms with Gasteiger partial charge in [0.15, 0.2) is 0 Å². The molecule has 2 heterocycles. The van der Waals surface area contributed by atoms with E-state index in [1.54, 1.807) is 6.26 Å². The van der Waals surface area contributed by atoms with E-state index in [0.717, 1.165) is 30.8 Å². The van der Waals surface area contributed by atoms with Gasteiger partial charge in [-0.3, -0.25) is 4.79 Å². The predicted molar refractivity (Wildman–Crippen MR) is 101 cm³/mol. The normalized spacial score (nSPS) is 16.4. The summed E-state index contributed by atoms with van der Waals surface area (Å²) in [7, 11) is 0. The lowest BCUT2D eigenvalue weighted by Crippen LogP contribution is -2.26. The Labute approximate surface area is 155 Å². The topological polar surface area (TPSA) is 67.2 Å². The van der Waals surface area contributed by atoms with Gasteiger partial charge in [0.2, 0.25) is 11.8 Å². The molecule has 0 saturated carbocycles. The van der Waals surface area contributed by atoms with Crippen molar-refractivity contribution in [3.8, 4) is 11.5 Å². The van der Waals surface area contributed by atoms with Gasteiger partial charge in [0.05, 0.1) is 5.69 Å². The maximum atomic E-state index is 11.9. The molecular weight excluding hydrogens is 338 g/mol. The molecule has 1 amide bonds. The van der Waals surface area contributed by atoms with E-state index in [1.807, 2.05) is 24.3 Å². The molecular formula is C19H26ClN3O2. The largest absolute Gasteiger partial charge is 0.444 e. The van der Waals surface area contributed by atoms with Crippen molar-refractivity contribution in [3.05, 3.63) is 41.8 Å². The number of carbonyl (C=O) groups is 1. The Hall–Kier alpha value is -1.85. The maximum absolute atomic E-state index is 11.9. The Morgan fingerprint density at radius 2 is 2.16 bits per heavy atom. The molecule has 1 aliphatic rings. The van der Waals surface area contributed by atoms with Gasteiger partial charge in [-0.05, 0) is 50.9 Å². The summed E-state index contributed by atoms with van der Waals surface area (Å²) < 4.78 is 5.53. The van der Waals surface area contributed by atoms with Crippen LogP contribution in [0.5, 0.6) is 0 Å². The summed E-state index contributed by atoms with van der Waals surface area (Å²) in [6.07, 6.45) is 5.13. The number of oxazole rings is 1. The second-order valence-electron chi connectivity index (χ2n) is 6.51. The Balaban J connectivity index is 0.00000225. The van der Waals surface area contributed by atoms with Crippen LogP contribution in [0.2, 0.25) is 0 Å². The average Bonchev–Trinajstić information content (AvgIpc) is 3.25. The molecule has 0 radical (unpaired) electrons. The number of amides is 1. The van der Waals surface area contributed by atoms with Crippen LogP contribution in [0.4, 0.5) is 0 Å². The van der Waals surface area contributed by atoms with Gasteiger partial charge in [-0.25, -0.2) is 4.98 Å². The van der Waals surface area contributed by atoms with Crippen molar-refractivity contribution in [1.29, 1.82) is 0 Å². The Kier molecular flexibility index (Phi) is 7.47. The minimum Gasteiger partial charge on any atom is -0.444 e. The van der Waals surface area contributed by atoms with Crippen LogP contribution in [0.1, 0.15) is 30.5 Å². The minimum atomic E-state index is 0. The Morgan fingerprint density at radius 1 is 1.36 bits per heavy atom. The highest BCUT2D eigenvalue weighted by Gasteiger charge is 2.15. The first-order chi connectivity index (χ1) is 11.7. The molecule has 3 rings (SSSR count). The van der Waals surface area contributed by atoms with Gasteiger partial charge in [0.25, 0.3) is 0 Å². The third kappa shape index (κ3) is 5.87. The second-order valence-corrected chi connectivity index (χ2v) is 6.51. The standard InChI is InChI=1S/C19H25N3O2.ClH/c1-14-2-5-16(6-3-14)19-22-17(13-24-19)9-11-21-18(23)7-4-15-8-10-20-12-15;/h2-3,5-6,13,15,20H,4,7-12H2,1H3,(H,21,23);1H. The third-order valence-corrected chi connectivity index (χ3v) is 4.50. The smallest absolute Gasteiger partial charge is 0.226 e. The van der Waals surface area contributed by atoms with E-state index < -0.39 is 0 Å². The highest BCUT2D eigenvalue weighted by Crippen LogP contribution is 2.19. The van der Waals surface area contributed by atoms with Crippen molar-refractivity contribution < 1.29 is 9.21 Å². The first-order valence-electron chi connectivity index (χ1n) is 8.69. The number of halogens is 1. The van der Waals surface area contributed by atoms with Gasteiger partial charge < -0.3 is 15.1 Å². The molecule has 136 valence electrons. The fourth-order valence-electron chi connectivity index (χ4n) is 2.96. The second kappa shape index (κ2) is 9.59. The van der Waals surface area contributed by atoms with Crippen LogP contribution >= 0.6 is 12.4 Å². The number of aromatic nitrogens is 1. The summed E-state index contributed by atoms with van der Waals surface area (Å²) in [5.74, 6) is 1.41. The van der Waals surface area contributed by atoms with Crippen LogP contribution in [0.3, 0.4) is 0 Å². The number of hydrogen-bond acceptors (Lipinski definition) is 4. The van der Waals surface area contributed by atoms with E-state index in [2.05, 4.69) is 22.5 Å². The van der Waals surface area contributed by atoms with E-state index in [4.69, 9.17) is 4.42 Å². The fourth-order valence-corrected chi connectivity index (χ4v) is 2.96. The zero-order valence-corrected chi connectivity index (χ0v) is 15.4. The quantitative estimate of drug-likeness (QED) is 0.793. The summed E-state index contributed by atoms with van der Waals surface area (Å²) in [5, 5.41) is 6.30. The van der Waals surface area contributed by atoms with Gasteiger partial charge in [0.1, 0.15) is 6.26 Å². The monoisotopic (exact) mass is 363 g/mol. The van der Waals surface area contributed by atoms with Gasteiger partial charge in [0, 0.05) is 24.9 Å². The molecule has 1 aliphatic heterocycles. The first-order valence-corrected chi connectivity index (χ1v) is 8.69. The van der Waals surface area contributed by atoms with E-state index >= 15 is 0 Å². The molecule has 0 spiro atoms. The molecule has 25 heavy (non-hydrogen) atoms. The number of benzene rings is 1. The van der Waals surface area contributed by atoms with Crippen molar-refractivity contribution in [2.24, 2.45) is 5.92 Å². The zero-order valence-electron chi connectivity index (χ0n) is 14.6. The van der Waals surface area contributed by atoms with Gasteiger partial charge in [-0.15, -0.1) is 12.4 Å². The molecule has 2 N–H and O–H groups in total. The van der Waals surface area contributed by atoms with E-state index in [9.17, 15) is 4.79 Å². The highest BCUT2D eigenvalue weighted by molar-refractivity contribution is 5.85. The Bertz CT molecular complexity index is 664. The SMILES string of the molecule is Cc1ccc(-c2nc(CCNC(=O)CCC3CCNC3)co2)cc1.Cl. The summed E-state index contributed by atoms with van der Waals surface area (Å²) in [6.45, 7) is 4.79. The highest BCUT2D eigenvalue weighted by atomic mass is 35.5. The molecule has 6 heteroatoms. The van der Waals surface area contributed by atoms with Crippen LogP contribution in [0.25, 0.3) is 11.5 Å². The molecule has 1 aromatic carbocycles. The lowest BCUT2D eigenvalue weighted by molar-refractivity contribution is -0.121. The number of rotatable bonds is 7. The van der Waals surface area contributed by atoms with Crippen molar-refractivity contribution >= 4 is 18.3 Å². The van der Waals surface area contributed by atoms with Crippen molar-refractivity contribution in [1.82, 2.24) is 15.6 Å². The summed E-state index contributed by atoms with van der Waals surface area (Å²) in [6, 6.07) is 8.09. The summed E-state index contributed by atoms with van der Waals surface area (Å²) in [4.78, 5) is 16.4. The molecule has 1 aromatic heterocycles. The average molecular weight is 364 g/mol. The van der Waals surface area contributed by atoms with Crippen LogP contribution in [-0.2, 0) is 11.2 Å². The van der Waals surface area contributed by atoms with E-state index in [0.29, 0.717) is 31.2 Å². The number of aryl methyl sites for hydroxylation is 1. The number of hydrogen-bond donors (Lipinski definition) is 2. The summed E-state index contributed by atoms with van der Waals surface area (Å²) >= 11 is 0. The molecule has 2 aromatic rings. The lowest BCUT2D eigenvalue weighted by atomic mass is 10.0. The van der Waals surface area contributed by atoms with E-state index in [1.165, 1.54) is 12.0 Å². The minimum absolute atomic E-state index is 0. The molecule has 0 aliphatic carbocycles. The van der Waals surface area contributed by atoms with Crippen molar-refractivity contribution in [3.63, 3.8) is 0 Å². The molecule has 1 atom stereocenters. The Morgan fingerprint density at radius 3 is 2.88 bits per heavy atom. The van der Waals surface area contributed by atoms with Crippen molar-refractivity contribution in [2.75, 3.05) is 19.6 Å². The van der Waals surface area contributed by atoms with Gasteiger partial charge >= 0.3 is 0 Å².